The molecule has 0 atom stereocenters. The molecular formula is C21H21N3O4. The zero-order valence-electron chi connectivity index (χ0n) is 15.6. The zero-order chi connectivity index (χ0) is 19.8. The maximum absolute atomic E-state index is 12.4. The molecule has 0 bridgehead atoms. The molecule has 0 fully saturated rings. The Morgan fingerprint density at radius 2 is 1.96 bits per heavy atom. The molecule has 0 aliphatic heterocycles. The Hall–Kier alpha value is -3.32. The van der Waals surface area contributed by atoms with Crippen LogP contribution in [0.2, 0.25) is 0 Å². The minimum atomic E-state index is -0.296. The monoisotopic (exact) mass is 379 g/mol. The molecule has 0 saturated carbocycles. The summed E-state index contributed by atoms with van der Waals surface area (Å²) in [7, 11) is 0. The van der Waals surface area contributed by atoms with Crippen molar-refractivity contribution in [2.45, 2.75) is 13.3 Å². The molecule has 2 aromatic heterocycles. The Kier molecular flexibility index (Phi) is 6.64. The number of benzene rings is 1. The van der Waals surface area contributed by atoms with Gasteiger partial charge in [0.25, 0.3) is 5.91 Å². The zero-order valence-corrected chi connectivity index (χ0v) is 15.6. The SMILES string of the molecule is CCOCCCNC(=O)c1coc(-c2ccc(C(=O)c3cccnc3)cc2)n1. The van der Waals surface area contributed by atoms with Crippen LogP contribution >= 0.6 is 0 Å². The van der Waals surface area contributed by atoms with E-state index in [9.17, 15) is 9.59 Å². The second kappa shape index (κ2) is 9.57. The van der Waals surface area contributed by atoms with Crippen molar-refractivity contribution in [1.82, 2.24) is 15.3 Å². The highest BCUT2D eigenvalue weighted by molar-refractivity contribution is 6.08. The van der Waals surface area contributed by atoms with Gasteiger partial charge in [0, 0.05) is 48.8 Å². The summed E-state index contributed by atoms with van der Waals surface area (Å²) in [5.74, 6) is -0.0890. The van der Waals surface area contributed by atoms with E-state index < -0.39 is 0 Å². The molecule has 2 heterocycles. The van der Waals surface area contributed by atoms with Crippen molar-refractivity contribution in [2.24, 2.45) is 0 Å². The topological polar surface area (TPSA) is 94.3 Å². The van der Waals surface area contributed by atoms with Gasteiger partial charge in [-0.2, -0.15) is 0 Å². The molecule has 0 radical (unpaired) electrons. The van der Waals surface area contributed by atoms with Crippen LogP contribution in [-0.4, -0.2) is 41.4 Å². The van der Waals surface area contributed by atoms with Crippen molar-refractivity contribution in [3.8, 4) is 11.5 Å². The van der Waals surface area contributed by atoms with Crippen LogP contribution in [-0.2, 0) is 4.74 Å². The first-order chi connectivity index (χ1) is 13.7. The van der Waals surface area contributed by atoms with E-state index in [2.05, 4.69) is 15.3 Å². The van der Waals surface area contributed by atoms with Crippen LogP contribution < -0.4 is 5.32 Å². The first kappa shape index (κ1) is 19.4. The Morgan fingerprint density at radius 3 is 2.68 bits per heavy atom. The third kappa shape index (κ3) is 4.89. The summed E-state index contributed by atoms with van der Waals surface area (Å²) in [6.07, 6.45) is 5.21. The van der Waals surface area contributed by atoms with Gasteiger partial charge >= 0.3 is 0 Å². The number of carbonyl (C=O) groups excluding carboxylic acids is 2. The molecule has 1 N–H and O–H groups in total. The highest BCUT2D eigenvalue weighted by Crippen LogP contribution is 2.20. The Bertz CT molecular complexity index is 920. The fourth-order valence-electron chi connectivity index (χ4n) is 2.55. The Labute approximate surface area is 162 Å². The van der Waals surface area contributed by atoms with Gasteiger partial charge in [0.1, 0.15) is 6.26 Å². The quantitative estimate of drug-likeness (QED) is 0.453. The maximum atomic E-state index is 12.4. The second-order valence-corrected chi connectivity index (χ2v) is 5.99. The number of nitrogens with zero attached hydrogens (tertiary/aromatic N) is 2. The molecule has 7 nitrogen and oxygen atoms in total. The largest absolute Gasteiger partial charge is 0.444 e. The summed E-state index contributed by atoms with van der Waals surface area (Å²) in [6.45, 7) is 3.70. The average molecular weight is 379 g/mol. The number of carbonyl (C=O) groups is 2. The highest BCUT2D eigenvalue weighted by atomic mass is 16.5. The van der Waals surface area contributed by atoms with Crippen LogP contribution in [0, 0.1) is 0 Å². The molecule has 0 aliphatic carbocycles. The molecule has 3 rings (SSSR count). The van der Waals surface area contributed by atoms with Gasteiger partial charge in [0.2, 0.25) is 5.89 Å². The van der Waals surface area contributed by atoms with Crippen molar-refractivity contribution >= 4 is 11.7 Å². The molecule has 0 aliphatic rings. The number of hydrogen-bond acceptors (Lipinski definition) is 6. The Morgan fingerprint density at radius 1 is 1.14 bits per heavy atom. The molecule has 0 spiro atoms. The molecule has 7 heteroatoms. The van der Waals surface area contributed by atoms with Gasteiger partial charge in [0.15, 0.2) is 11.5 Å². The van der Waals surface area contributed by atoms with Crippen LogP contribution in [0.25, 0.3) is 11.5 Å². The van der Waals surface area contributed by atoms with E-state index in [-0.39, 0.29) is 17.4 Å². The number of aromatic nitrogens is 2. The number of hydrogen-bond donors (Lipinski definition) is 1. The first-order valence-corrected chi connectivity index (χ1v) is 9.05. The molecule has 1 aromatic carbocycles. The molecule has 0 saturated heterocycles. The van der Waals surface area contributed by atoms with Gasteiger partial charge in [-0.1, -0.05) is 12.1 Å². The lowest BCUT2D eigenvalue weighted by Gasteiger charge is -2.03. The predicted octanol–water partition coefficient (Wildman–Crippen LogP) is 3.12. The number of nitrogens with one attached hydrogen (secondary N) is 1. The van der Waals surface area contributed by atoms with Gasteiger partial charge in [-0.05, 0) is 37.6 Å². The van der Waals surface area contributed by atoms with Crippen molar-refractivity contribution in [2.75, 3.05) is 19.8 Å². The van der Waals surface area contributed by atoms with E-state index in [0.717, 1.165) is 6.42 Å². The summed E-state index contributed by atoms with van der Waals surface area (Å²) >= 11 is 0. The fraction of sp³-hybridized carbons (Fsp3) is 0.238. The van der Waals surface area contributed by atoms with Crippen molar-refractivity contribution in [3.05, 3.63) is 71.9 Å². The predicted molar refractivity (Wildman–Crippen MR) is 103 cm³/mol. The van der Waals surface area contributed by atoms with E-state index in [4.69, 9.17) is 9.15 Å². The molecule has 1 amide bonds. The highest BCUT2D eigenvalue weighted by Gasteiger charge is 2.14. The standard InChI is InChI=1S/C21H21N3O4/c1-2-27-12-4-11-23-20(26)18-14-28-21(24-18)16-8-6-15(7-9-16)19(25)17-5-3-10-22-13-17/h3,5-10,13-14H,2,4,11-12H2,1H3,(H,23,26). The summed E-state index contributed by atoms with van der Waals surface area (Å²) in [5, 5.41) is 2.77. The minimum Gasteiger partial charge on any atom is -0.444 e. The minimum absolute atomic E-state index is 0.112. The van der Waals surface area contributed by atoms with Crippen LogP contribution in [0.15, 0.2) is 59.5 Å². The van der Waals surface area contributed by atoms with E-state index in [0.29, 0.717) is 42.3 Å². The first-order valence-electron chi connectivity index (χ1n) is 9.05. The number of ether oxygens (including phenoxy) is 1. The maximum Gasteiger partial charge on any atom is 0.273 e. The van der Waals surface area contributed by atoms with Crippen molar-refractivity contribution in [3.63, 3.8) is 0 Å². The number of ketones is 1. The van der Waals surface area contributed by atoms with Crippen molar-refractivity contribution < 1.29 is 18.7 Å². The van der Waals surface area contributed by atoms with Gasteiger partial charge in [-0.15, -0.1) is 0 Å². The van der Waals surface area contributed by atoms with Crippen LogP contribution in [0.1, 0.15) is 39.8 Å². The Balaban J connectivity index is 1.62. The van der Waals surface area contributed by atoms with Crippen molar-refractivity contribution in [1.29, 1.82) is 0 Å². The molecule has 144 valence electrons. The number of pyridine rings is 1. The summed E-state index contributed by atoms with van der Waals surface area (Å²) in [5.41, 5.74) is 1.95. The lowest BCUT2D eigenvalue weighted by molar-refractivity contribution is 0.0938. The summed E-state index contributed by atoms with van der Waals surface area (Å²) in [6, 6.07) is 10.3. The number of oxazole rings is 1. The number of amides is 1. The van der Waals surface area contributed by atoms with Crippen LogP contribution in [0.3, 0.4) is 0 Å². The summed E-state index contributed by atoms with van der Waals surface area (Å²) in [4.78, 5) is 32.7. The molecule has 0 unspecified atom stereocenters. The third-order valence-electron chi connectivity index (χ3n) is 4.01. The smallest absolute Gasteiger partial charge is 0.273 e. The molecule has 28 heavy (non-hydrogen) atoms. The van der Waals surface area contributed by atoms with Gasteiger partial charge < -0.3 is 14.5 Å². The second-order valence-electron chi connectivity index (χ2n) is 5.99. The van der Waals surface area contributed by atoms with Gasteiger partial charge in [0.05, 0.1) is 0 Å². The van der Waals surface area contributed by atoms with Crippen LogP contribution in [0.4, 0.5) is 0 Å². The van der Waals surface area contributed by atoms with Crippen LogP contribution in [0.5, 0.6) is 0 Å². The lowest BCUT2D eigenvalue weighted by atomic mass is 10.0. The number of rotatable bonds is 9. The lowest BCUT2D eigenvalue weighted by Crippen LogP contribution is -2.25. The molecule has 3 aromatic rings. The molecular weight excluding hydrogens is 358 g/mol. The summed E-state index contributed by atoms with van der Waals surface area (Å²) < 4.78 is 10.6. The van der Waals surface area contributed by atoms with E-state index in [1.165, 1.54) is 12.5 Å². The van der Waals surface area contributed by atoms with E-state index in [1.54, 1.807) is 42.6 Å². The van der Waals surface area contributed by atoms with Gasteiger partial charge in [-0.25, -0.2) is 4.98 Å². The van der Waals surface area contributed by atoms with E-state index in [1.807, 2.05) is 6.92 Å². The fourth-order valence-corrected chi connectivity index (χ4v) is 2.55. The average Bonchev–Trinajstić information content (AvgIpc) is 3.24. The van der Waals surface area contributed by atoms with Gasteiger partial charge in [-0.3, -0.25) is 14.6 Å². The normalized spacial score (nSPS) is 10.6. The third-order valence-corrected chi connectivity index (χ3v) is 4.01. The van der Waals surface area contributed by atoms with E-state index >= 15 is 0 Å².